The van der Waals surface area contributed by atoms with Crippen LogP contribution in [0.15, 0.2) is 42.6 Å². The van der Waals surface area contributed by atoms with Gasteiger partial charge in [-0.2, -0.15) is 0 Å². The smallest absolute Gasteiger partial charge is 0.126 e. The van der Waals surface area contributed by atoms with Crippen molar-refractivity contribution < 1.29 is 4.39 Å². The molecule has 2 rings (SSSR count). The number of hydrogen-bond donors (Lipinski definition) is 2. The molecule has 1 heterocycles. The van der Waals surface area contributed by atoms with E-state index in [1.165, 1.54) is 12.1 Å². The van der Waals surface area contributed by atoms with Crippen molar-refractivity contribution >= 4 is 11.5 Å². The minimum absolute atomic E-state index is 0.0122. The summed E-state index contributed by atoms with van der Waals surface area (Å²) in [6.45, 7) is 1.95. The molecule has 1 unspecified atom stereocenters. The van der Waals surface area contributed by atoms with Crippen LogP contribution in [0.5, 0.6) is 0 Å². The molecule has 17 heavy (non-hydrogen) atoms. The number of rotatable bonds is 3. The molecule has 0 aliphatic carbocycles. The molecule has 0 aliphatic rings. The van der Waals surface area contributed by atoms with Gasteiger partial charge in [-0.25, -0.2) is 9.37 Å². The first kappa shape index (κ1) is 11.4. The summed E-state index contributed by atoms with van der Waals surface area (Å²) in [6, 6.07) is 10.1. The van der Waals surface area contributed by atoms with E-state index in [1.807, 2.05) is 13.0 Å². The van der Waals surface area contributed by atoms with Crippen LogP contribution < -0.4 is 11.1 Å². The first-order valence-electron chi connectivity index (χ1n) is 5.38. The second kappa shape index (κ2) is 4.82. The molecule has 4 heteroatoms. The standard InChI is InChI=1S/C13H14FN3/c1-9(10-3-2-4-11(14)7-10)17-13-6-5-12(15)8-16-13/h2-9H,15H2,1H3,(H,16,17). The van der Waals surface area contributed by atoms with Crippen LogP contribution in [0.4, 0.5) is 15.9 Å². The lowest BCUT2D eigenvalue weighted by molar-refractivity contribution is 0.623. The highest BCUT2D eigenvalue weighted by Crippen LogP contribution is 2.18. The van der Waals surface area contributed by atoms with Crippen LogP contribution >= 0.6 is 0 Å². The number of nitrogens with two attached hydrogens (primary N) is 1. The number of nitrogens with one attached hydrogen (secondary N) is 1. The van der Waals surface area contributed by atoms with Crippen LogP contribution in [-0.2, 0) is 0 Å². The maximum Gasteiger partial charge on any atom is 0.126 e. The number of aromatic nitrogens is 1. The zero-order valence-corrected chi connectivity index (χ0v) is 9.52. The Labute approximate surface area is 99.5 Å². The first-order valence-corrected chi connectivity index (χ1v) is 5.38. The molecule has 0 spiro atoms. The molecule has 0 saturated heterocycles. The molecular formula is C13H14FN3. The Kier molecular flexibility index (Phi) is 3.23. The Balaban J connectivity index is 2.11. The monoisotopic (exact) mass is 231 g/mol. The van der Waals surface area contributed by atoms with Gasteiger partial charge in [0.05, 0.1) is 17.9 Å². The highest BCUT2D eigenvalue weighted by atomic mass is 19.1. The maximum absolute atomic E-state index is 13.1. The zero-order chi connectivity index (χ0) is 12.3. The number of benzene rings is 1. The van der Waals surface area contributed by atoms with Crippen molar-refractivity contribution in [3.05, 3.63) is 54.0 Å². The van der Waals surface area contributed by atoms with E-state index in [0.717, 1.165) is 11.4 Å². The third-order valence-electron chi connectivity index (χ3n) is 2.50. The third kappa shape index (κ3) is 2.93. The number of pyridine rings is 1. The summed E-state index contributed by atoms with van der Waals surface area (Å²) in [4.78, 5) is 4.14. The van der Waals surface area contributed by atoms with E-state index in [9.17, 15) is 4.39 Å². The molecule has 0 radical (unpaired) electrons. The lowest BCUT2D eigenvalue weighted by Crippen LogP contribution is -2.08. The molecule has 1 aromatic carbocycles. The van der Waals surface area contributed by atoms with Crippen molar-refractivity contribution in [1.29, 1.82) is 0 Å². The third-order valence-corrected chi connectivity index (χ3v) is 2.50. The Hall–Kier alpha value is -2.10. The average molecular weight is 231 g/mol. The molecule has 1 aromatic heterocycles. The normalized spacial score (nSPS) is 12.1. The summed E-state index contributed by atoms with van der Waals surface area (Å²) in [6.07, 6.45) is 1.58. The van der Waals surface area contributed by atoms with Gasteiger partial charge in [0, 0.05) is 0 Å². The highest BCUT2D eigenvalue weighted by molar-refractivity contribution is 5.45. The molecule has 0 saturated carbocycles. The van der Waals surface area contributed by atoms with Gasteiger partial charge in [0.2, 0.25) is 0 Å². The molecule has 3 nitrogen and oxygen atoms in total. The van der Waals surface area contributed by atoms with Crippen LogP contribution in [-0.4, -0.2) is 4.98 Å². The van der Waals surface area contributed by atoms with Gasteiger partial charge in [-0.3, -0.25) is 0 Å². The van der Waals surface area contributed by atoms with Gasteiger partial charge in [0.1, 0.15) is 11.6 Å². The minimum Gasteiger partial charge on any atom is -0.397 e. The maximum atomic E-state index is 13.1. The lowest BCUT2D eigenvalue weighted by Gasteiger charge is -2.14. The van der Waals surface area contributed by atoms with E-state index in [0.29, 0.717) is 5.69 Å². The Morgan fingerprint density at radius 1 is 1.29 bits per heavy atom. The fraction of sp³-hybridized carbons (Fsp3) is 0.154. The number of nitrogen functional groups attached to an aromatic ring is 1. The molecule has 3 N–H and O–H groups in total. The number of anilines is 2. The van der Waals surface area contributed by atoms with Gasteiger partial charge in [-0.15, -0.1) is 0 Å². The summed E-state index contributed by atoms with van der Waals surface area (Å²) >= 11 is 0. The molecule has 0 aliphatic heterocycles. The number of halogens is 1. The molecule has 2 aromatic rings. The molecule has 0 bridgehead atoms. The van der Waals surface area contributed by atoms with E-state index in [-0.39, 0.29) is 11.9 Å². The summed E-state index contributed by atoms with van der Waals surface area (Å²) in [5, 5.41) is 3.18. The predicted molar refractivity (Wildman–Crippen MR) is 67.1 cm³/mol. The van der Waals surface area contributed by atoms with Crippen molar-refractivity contribution in [2.45, 2.75) is 13.0 Å². The van der Waals surface area contributed by atoms with E-state index < -0.39 is 0 Å². The fourth-order valence-corrected chi connectivity index (χ4v) is 1.57. The largest absolute Gasteiger partial charge is 0.397 e. The predicted octanol–water partition coefficient (Wildman–Crippen LogP) is 2.98. The molecule has 0 amide bonds. The van der Waals surface area contributed by atoms with Gasteiger partial charge in [-0.1, -0.05) is 12.1 Å². The summed E-state index contributed by atoms with van der Waals surface area (Å²) < 4.78 is 13.1. The van der Waals surface area contributed by atoms with E-state index in [1.54, 1.807) is 24.4 Å². The summed E-state index contributed by atoms with van der Waals surface area (Å²) in [5.41, 5.74) is 7.05. The van der Waals surface area contributed by atoms with Crippen LogP contribution in [0, 0.1) is 5.82 Å². The number of nitrogens with zero attached hydrogens (tertiary/aromatic N) is 1. The van der Waals surface area contributed by atoms with Crippen molar-refractivity contribution in [2.24, 2.45) is 0 Å². The van der Waals surface area contributed by atoms with Crippen LogP contribution in [0.25, 0.3) is 0 Å². The van der Waals surface area contributed by atoms with Crippen LogP contribution in [0.3, 0.4) is 0 Å². The topological polar surface area (TPSA) is 50.9 Å². The van der Waals surface area contributed by atoms with Gasteiger partial charge < -0.3 is 11.1 Å². The van der Waals surface area contributed by atoms with Crippen LogP contribution in [0.2, 0.25) is 0 Å². The number of hydrogen-bond acceptors (Lipinski definition) is 3. The SMILES string of the molecule is CC(Nc1ccc(N)cn1)c1cccc(F)c1. The second-order valence-corrected chi connectivity index (χ2v) is 3.90. The van der Waals surface area contributed by atoms with Crippen LogP contribution in [0.1, 0.15) is 18.5 Å². The van der Waals surface area contributed by atoms with Crippen molar-refractivity contribution in [3.63, 3.8) is 0 Å². The van der Waals surface area contributed by atoms with E-state index in [4.69, 9.17) is 5.73 Å². The van der Waals surface area contributed by atoms with Crippen molar-refractivity contribution in [3.8, 4) is 0 Å². The second-order valence-electron chi connectivity index (χ2n) is 3.90. The molecule has 1 atom stereocenters. The quantitative estimate of drug-likeness (QED) is 0.853. The first-order chi connectivity index (χ1) is 8.15. The Bertz CT molecular complexity index is 496. The van der Waals surface area contributed by atoms with Crippen molar-refractivity contribution in [1.82, 2.24) is 4.98 Å². The minimum atomic E-state index is -0.235. The highest BCUT2D eigenvalue weighted by Gasteiger charge is 2.06. The van der Waals surface area contributed by atoms with Gasteiger partial charge in [0.15, 0.2) is 0 Å². The summed E-state index contributed by atoms with van der Waals surface area (Å²) in [5.74, 6) is 0.484. The van der Waals surface area contributed by atoms with Gasteiger partial charge >= 0.3 is 0 Å². The van der Waals surface area contributed by atoms with E-state index >= 15 is 0 Å². The van der Waals surface area contributed by atoms with Crippen molar-refractivity contribution in [2.75, 3.05) is 11.1 Å². The Morgan fingerprint density at radius 2 is 2.12 bits per heavy atom. The lowest BCUT2D eigenvalue weighted by atomic mass is 10.1. The average Bonchev–Trinajstić information content (AvgIpc) is 2.32. The molecule has 88 valence electrons. The van der Waals surface area contributed by atoms with Gasteiger partial charge in [0.25, 0.3) is 0 Å². The van der Waals surface area contributed by atoms with E-state index in [2.05, 4.69) is 10.3 Å². The fourth-order valence-electron chi connectivity index (χ4n) is 1.57. The summed E-state index contributed by atoms with van der Waals surface area (Å²) in [7, 11) is 0. The zero-order valence-electron chi connectivity index (χ0n) is 9.52. The Morgan fingerprint density at radius 3 is 2.76 bits per heavy atom. The molecular weight excluding hydrogens is 217 g/mol. The molecule has 0 fully saturated rings. The van der Waals surface area contributed by atoms with Gasteiger partial charge in [-0.05, 0) is 36.8 Å².